The Morgan fingerprint density at radius 1 is 1.56 bits per heavy atom. The van der Waals surface area contributed by atoms with Crippen LogP contribution in [0.15, 0.2) is 33.9 Å². The first kappa shape index (κ1) is 14.5. The molecule has 0 fully saturated rings. The van der Waals surface area contributed by atoms with Crippen molar-refractivity contribution in [3.05, 3.63) is 34.3 Å². The van der Waals surface area contributed by atoms with Crippen molar-refractivity contribution in [2.75, 3.05) is 13.1 Å². The third-order valence-corrected chi connectivity index (χ3v) is 2.95. The van der Waals surface area contributed by atoms with Gasteiger partial charge in [-0.15, -0.1) is 0 Å². The van der Waals surface area contributed by atoms with Crippen LogP contribution in [0, 0.1) is 0 Å². The molecule has 0 unspecified atom stereocenters. The van der Waals surface area contributed by atoms with Gasteiger partial charge in [0, 0.05) is 11.0 Å². The molecule has 18 heavy (non-hydrogen) atoms. The molecule has 0 bridgehead atoms. The van der Waals surface area contributed by atoms with Gasteiger partial charge in [0.25, 0.3) is 0 Å². The Balaban J connectivity index is 2.68. The molecule has 1 aromatic carbocycles. The predicted molar refractivity (Wildman–Crippen MR) is 73.5 cm³/mol. The molecule has 0 heterocycles. The summed E-state index contributed by atoms with van der Waals surface area (Å²) in [7, 11) is 0. The van der Waals surface area contributed by atoms with Crippen LogP contribution in [0.3, 0.4) is 0 Å². The van der Waals surface area contributed by atoms with E-state index < -0.39 is 0 Å². The van der Waals surface area contributed by atoms with Crippen molar-refractivity contribution >= 4 is 27.7 Å². The molecule has 0 radical (unpaired) electrons. The maximum Gasteiger partial charge on any atom is 0.227 e. The molecule has 0 aliphatic heterocycles. The lowest BCUT2D eigenvalue weighted by molar-refractivity contribution is -0.129. The van der Waals surface area contributed by atoms with Crippen molar-refractivity contribution in [3.63, 3.8) is 0 Å². The average molecular weight is 314 g/mol. The SMILES string of the molecule is CCN(CC(N)=NO)C(=O)Cc1cccc(Br)c1. The number of nitrogens with two attached hydrogens (primary N) is 1. The normalized spacial score (nSPS) is 11.3. The maximum atomic E-state index is 12.0. The molecule has 1 amide bonds. The van der Waals surface area contributed by atoms with Gasteiger partial charge < -0.3 is 15.8 Å². The van der Waals surface area contributed by atoms with E-state index in [0.717, 1.165) is 10.0 Å². The summed E-state index contributed by atoms with van der Waals surface area (Å²) in [5.41, 5.74) is 6.33. The molecule has 0 saturated heterocycles. The van der Waals surface area contributed by atoms with Gasteiger partial charge in [-0.2, -0.15) is 0 Å². The average Bonchev–Trinajstić information content (AvgIpc) is 2.35. The summed E-state index contributed by atoms with van der Waals surface area (Å²) in [6.07, 6.45) is 0.298. The van der Waals surface area contributed by atoms with Gasteiger partial charge in [-0.05, 0) is 24.6 Å². The molecular formula is C12H16BrN3O2. The predicted octanol–water partition coefficient (Wildman–Crippen LogP) is 1.59. The van der Waals surface area contributed by atoms with Crippen LogP contribution in [0.4, 0.5) is 0 Å². The van der Waals surface area contributed by atoms with Crippen molar-refractivity contribution < 1.29 is 10.0 Å². The number of benzene rings is 1. The zero-order chi connectivity index (χ0) is 13.5. The van der Waals surface area contributed by atoms with Crippen molar-refractivity contribution in [1.29, 1.82) is 0 Å². The van der Waals surface area contributed by atoms with E-state index in [1.807, 2.05) is 31.2 Å². The molecule has 0 spiro atoms. The van der Waals surface area contributed by atoms with E-state index in [9.17, 15) is 4.79 Å². The van der Waals surface area contributed by atoms with Crippen molar-refractivity contribution in [2.45, 2.75) is 13.3 Å². The molecule has 0 atom stereocenters. The standard InChI is InChI=1S/C12H16BrN3O2/c1-2-16(8-11(14)15-18)12(17)7-9-4-3-5-10(13)6-9/h3-6,18H,2,7-8H2,1H3,(H2,14,15). The molecular weight excluding hydrogens is 298 g/mol. The smallest absolute Gasteiger partial charge is 0.227 e. The van der Waals surface area contributed by atoms with E-state index in [-0.39, 0.29) is 18.3 Å². The highest BCUT2D eigenvalue weighted by atomic mass is 79.9. The van der Waals surface area contributed by atoms with E-state index in [0.29, 0.717) is 13.0 Å². The Hall–Kier alpha value is -1.56. The van der Waals surface area contributed by atoms with E-state index in [1.165, 1.54) is 4.90 Å². The number of rotatable bonds is 5. The van der Waals surface area contributed by atoms with Gasteiger partial charge in [0.05, 0.1) is 13.0 Å². The molecule has 0 saturated carbocycles. The minimum atomic E-state index is -0.0535. The van der Waals surface area contributed by atoms with Crippen LogP contribution in [0.5, 0.6) is 0 Å². The molecule has 1 aromatic rings. The summed E-state index contributed by atoms with van der Waals surface area (Å²) < 4.78 is 0.937. The topological polar surface area (TPSA) is 78.9 Å². The summed E-state index contributed by atoms with van der Waals surface area (Å²) in [5, 5.41) is 11.4. The van der Waals surface area contributed by atoms with Crippen LogP contribution in [0.2, 0.25) is 0 Å². The van der Waals surface area contributed by atoms with Crippen LogP contribution < -0.4 is 5.73 Å². The molecule has 98 valence electrons. The summed E-state index contributed by atoms with van der Waals surface area (Å²) in [4.78, 5) is 13.6. The quantitative estimate of drug-likeness (QED) is 0.375. The van der Waals surface area contributed by atoms with Crippen LogP contribution in [0.1, 0.15) is 12.5 Å². The van der Waals surface area contributed by atoms with Gasteiger partial charge in [-0.1, -0.05) is 33.2 Å². The molecule has 0 aromatic heterocycles. The van der Waals surface area contributed by atoms with Crippen LogP contribution in [0.25, 0.3) is 0 Å². The monoisotopic (exact) mass is 313 g/mol. The van der Waals surface area contributed by atoms with Crippen molar-refractivity contribution in [1.82, 2.24) is 4.90 Å². The third-order valence-electron chi connectivity index (χ3n) is 2.46. The Bertz CT molecular complexity index is 449. The van der Waals surface area contributed by atoms with E-state index >= 15 is 0 Å². The highest BCUT2D eigenvalue weighted by Crippen LogP contribution is 2.12. The Morgan fingerprint density at radius 2 is 2.28 bits per heavy atom. The van der Waals surface area contributed by atoms with Crippen LogP contribution in [-0.4, -0.2) is 34.9 Å². The summed E-state index contributed by atoms with van der Waals surface area (Å²) in [6, 6.07) is 7.57. The Labute approximate surface area is 114 Å². The van der Waals surface area contributed by atoms with Gasteiger partial charge in [0.2, 0.25) is 5.91 Å². The second-order valence-electron chi connectivity index (χ2n) is 3.81. The minimum Gasteiger partial charge on any atom is -0.409 e. The number of amides is 1. The zero-order valence-corrected chi connectivity index (χ0v) is 11.7. The number of carbonyl (C=O) groups excluding carboxylic acids is 1. The highest BCUT2D eigenvalue weighted by molar-refractivity contribution is 9.10. The largest absolute Gasteiger partial charge is 0.409 e. The van der Waals surface area contributed by atoms with Gasteiger partial charge in [0.1, 0.15) is 0 Å². The first-order chi connectivity index (χ1) is 8.56. The summed E-state index contributed by atoms with van der Waals surface area (Å²) in [6.45, 7) is 2.51. The fourth-order valence-electron chi connectivity index (χ4n) is 1.54. The lowest BCUT2D eigenvalue weighted by Gasteiger charge is -2.20. The zero-order valence-electron chi connectivity index (χ0n) is 10.1. The first-order valence-electron chi connectivity index (χ1n) is 5.55. The lowest BCUT2D eigenvalue weighted by Crippen LogP contribution is -2.39. The Morgan fingerprint density at radius 3 is 2.83 bits per heavy atom. The van der Waals surface area contributed by atoms with Gasteiger partial charge in [0.15, 0.2) is 5.84 Å². The summed E-state index contributed by atoms with van der Waals surface area (Å²) >= 11 is 3.36. The fraction of sp³-hybridized carbons (Fsp3) is 0.333. The number of hydrogen-bond acceptors (Lipinski definition) is 3. The van der Waals surface area contributed by atoms with E-state index in [2.05, 4.69) is 21.1 Å². The number of likely N-dealkylation sites (N-methyl/N-ethyl adjacent to an activating group) is 1. The lowest BCUT2D eigenvalue weighted by atomic mass is 10.1. The van der Waals surface area contributed by atoms with Gasteiger partial charge in [-0.3, -0.25) is 4.79 Å². The minimum absolute atomic E-state index is 0.0273. The second kappa shape index (κ2) is 7.00. The van der Waals surface area contributed by atoms with Gasteiger partial charge in [-0.25, -0.2) is 0 Å². The fourth-order valence-corrected chi connectivity index (χ4v) is 1.98. The number of oxime groups is 1. The van der Waals surface area contributed by atoms with Crippen molar-refractivity contribution in [2.24, 2.45) is 10.9 Å². The third kappa shape index (κ3) is 4.37. The second-order valence-corrected chi connectivity index (χ2v) is 4.72. The number of halogens is 1. The number of amidine groups is 1. The van der Waals surface area contributed by atoms with Crippen molar-refractivity contribution in [3.8, 4) is 0 Å². The molecule has 0 aliphatic rings. The van der Waals surface area contributed by atoms with Gasteiger partial charge >= 0.3 is 0 Å². The Kier molecular flexibility index (Phi) is 5.64. The molecule has 3 N–H and O–H groups in total. The van der Waals surface area contributed by atoms with Crippen LogP contribution >= 0.6 is 15.9 Å². The first-order valence-corrected chi connectivity index (χ1v) is 6.34. The van der Waals surface area contributed by atoms with E-state index in [4.69, 9.17) is 10.9 Å². The number of hydrogen-bond donors (Lipinski definition) is 2. The number of carbonyl (C=O) groups is 1. The molecule has 6 heteroatoms. The number of nitrogens with zero attached hydrogens (tertiary/aromatic N) is 2. The highest BCUT2D eigenvalue weighted by Gasteiger charge is 2.13. The van der Waals surface area contributed by atoms with E-state index in [1.54, 1.807) is 0 Å². The summed E-state index contributed by atoms with van der Waals surface area (Å²) in [5.74, 6) is -0.0263. The molecule has 5 nitrogen and oxygen atoms in total. The maximum absolute atomic E-state index is 12.0. The van der Waals surface area contributed by atoms with Crippen LogP contribution in [-0.2, 0) is 11.2 Å². The molecule has 0 aliphatic carbocycles. The molecule has 1 rings (SSSR count).